The number of imide groups is 1. The van der Waals surface area contributed by atoms with E-state index in [-0.39, 0.29) is 11.8 Å². The van der Waals surface area contributed by atoms with E-state index in [1.54, 1.807) is 6.07 Å². The van der Waals surface area contributed by atoms with Crippen LogP contribution in [-0.4, -0.2) is 23.3 Å². The first-order valence-electron chi connectivity index (χ1n) is 6.22. The van der Waals surface area contributed by atoms with Crippen molar-refractivity contribution in [3.8, 4) is 0 Å². The molecule has 1 unspecified atom stereocenters. The third-order valence-corrected chi connectivity index (χ3v) is 3.94. The summed E-state index contributed by atoms with van der Waals surface area (Å²) in [7, 11) is 0. The van der Waals surface area contributed by atoms with E-state index in [2.05, 4.69) is 22.9 Å². The number of likely N-dealkylation sites (tertiary alicyclic amines) is 1. The zero-order valence-electron chi connectivity index (χ0n) is 10.4. The molecule has 1 aromatic rings. The lowest BCUT2D eigenvalue weighted by atomic mass is 10.0. The first-order chi connectivity index (χ1) is 8.63. The second-order valence-electron chi connectivity index (χ2n) is 4.65. The Morgan fingerprint density at radius 3 is 2.83 bits per heavy atom. The van der Waals surface area contributed by atoms with Crippen LogP contribution in [0.4, 0.5) is 0 Å². The molecule has 0 aromatic heterocycles. The summed E-state index contributed by atoms with van der Waals surface area (Å²) in [6.45, 7) is 2.66. The van der Waals surface area contributed by atoms with Crippen molar-refractivity contribution in [2.75, 3.05) is 6.54 Å². The van der Waals surface area contributed by atoms with Gasteiger partial charge in [0.15, 0.2) is 0 Å². The van der Waals surface area contributed by atoms with Gasteiger partial charge in [-0.25, -0.2) is 0 Å². The maximum absolute atomic E-state index is 12.3. The SMILES string of the molecule is CCCC1CC(=O)N(C(=O)c2ccccc2Br)C1. The summed E-state index contributed by atoms with van der Waals surface area (Å²) in [5, 5.41) is 0. The van der Waals surface area contributed by atoms with Gasteiger partial charge in [0.2, 0.25) is 5.91 Å². The Morgan fingerprint density at radius 2 is 2.17 bits per heavy atom. The van der Waals surface area contributed by atoms with Crippen LogP contribution in [0.2, 0.25) is 0 Å². The molecule has 1 fully saturated rings. The molecule has 1 heterocycles. The van der Waals surface area contributed by atoms with Gasteiger partial charge in [-0.2, -0.15) is 0 Å². The number of rotatable bonds is 3. The molecule has 96 valence electrons. The van der Waals surface area contributed by atoms with Crippen LogP contribution in [0.25, 0.3) is 0 Å². The quantitative estimate of drug-likeness (QED) is 0.804. The molecule has 3 nitrogen and oxygen atoms in total. The molecule has 2 amide bonds. The Kier molecular flexibility index (Phi) is 4.17. The van der Waals surface area contributed by atoms with Gasteiger partial charge in [-0.05, 0) is 40.4 Å². The van der Waals surface area contributed by atoms with Crippen molar-refractivity contribution < 1.29 is 9.59 Å². The van der Waals surface area contributed by atoms with Crippen LogP contribution in [0.1, 0.15) is 36.5 Å². The molecular formula is C14H16BrNO2. The Labute approximate surface area is 115 Å². The van der Waals surface area contributed by atoms with E-state index in [0.717, 1.165) is 17.3 Å². The van der Waals surface area contributed by atoms with E-state index in [1.165, 1.54) is 4.90 Å². The highest BCUT2D eigenvalue weighted by molar-refractivity contribution is 9.10. The molecule has 18 heavy (non-hydrogen) atoms. The summed E-state index contributed by atoms with van der Waals surface area (Å²) in [5.74, 6) is 0.0919. The molecule has 1 atom stereocenters. The van der Waals surface area contributed by atoms with Gasteiger partial charge in [0.1, 0.15) is 0 Å². The van der Waals surface area contributed by atoms with Crippen molar-refractivity contribution in [2.45, 2.75) is 26.2 Å². The molecule has 0 radical (unpaired) electrons. The average molecular weight is 310 g/mol. The Balaban J connectivity index is 2.15. The van der Waals surface area contributed by atoms with Crippen molar-refractivity contribution in [2.24, 2.45) is 5.92 Å². The maximum Gasteiger partial charge on any atom is 0.261 e. The molecule has 0 N–H and O–H groups in total. The van der Waals surface area contributed by atoms with Crippen molar-refractivity contribution in [1.82, 2.24) is 4.90 Å². The minimum absolute atomic E-state index is 0.0470. The van der Waals surface area contributed by atoms with Crippen LogP contribution >= 0.6 is 15.9 Å². The molecule has 1 aromatic carbocycles. The standard InChI is InChI=1S/C14H16BrNO2/c1-2-5-10-8-13(17)16(9-10)14(18)11-6-3-4-7-12(11)15/h3-4,6-7,10H,2,5,8-9H2,1H3. The van der Waals surface area contributed by atoms with Crippen LogP contribution in [0.15, 0.2) is 28.7 Å². The third kappa shape index (κ3) is 2.64. The number of amides is 2. The zero-order chi connectivity index (χ0) is 13.1. The van der Waals surface area contributed by atoms with Crippen LogP contribution in [0.5, 0.6) is 0 Å². The number of carbonyl (C=O) groups is 2. The largest absolute Gasteiger partial charge is 0.278 e. The van der Waals surface area contributed by atoms with Gasteiger partial charge >= 0.3 is 0 Å². The fourth-order valence-corrected chi connectivity index (χ4v) is 2.81. The Hall–Kier alpha value is -1.16. The molecule has 0 saturated carbocycles. The van der Waals surface area contributed by atoms with Gasteiger partial charge in [-0.1, -0.05) is 25.5 Å². The fraction of sp³-hybridized carbons (Fsp3) is 0.429. The molecule has 1 aliphatic rings. The van der Waals surface area contributed by atoms with E-state index in [9.17, 15) is 9.59 Å². The van der Waals surface area contributed by atoms with Crippen LogP contribution < -0.4 is 0 Å². The van der Waals surface area contributed by atoms with Gasteiger partial charge in [-0.3, -0.25) is 14.5 Å². The summed E-state index contributed by atoms with van der Waals surface area (Å²) in [5.41, 5.74) is 0.558. The summed E-state index contributed by atoms with van der Waals surface area (Å²) >= 11 is 3.35. The molecular weight excluding hydrogens is 294 g/mol. The smallest absolute Gasteiger partial charge is 0.261 e. The Morgan fingerprint density at radius 1 is 1.44 bits per heavy atom. The van der Waals surface area contributed by atoms with Crippen LogP contribution in [-0.2, 0) is 4.79 Å². The predicted molar refractivity (Wildman–Crippen MR) is 73.2 cm³/mol. The van der Waals surface area contributed by atoms with E-state index in [4.69, 9.17) is 0 Å². The molecule has 2 rings (SSSR count). The fourth-order valence-electron chi connectivity index (χ4n) is 2.36. The summed E-state index contributed by atoms with van der Waals surface area (Å²) in [6.07, 6.45) is 2.56. The average Bonchev–Trinajstić information content (AvgIpc) is 2.71. The van der Waals surface area contributed by atoms with Crippen molar-refractivity contribution in [1.29, 1.82) is 0 Å². The van der Waals surface area contributed by atoms with Crippen LogP contribution in [0, 0.1) is 5.92 Å². The second-order valence-corrected chi connectivity index (χ2v) is 5.50. The van der Waals surface area contributed by atoms with Crippen molar-refractivity contribution in [3.63, 3.8) is 0 Å². The maximum atomic E-state index is 12.3. The second kappa shape index (κ2) is 5.65. The van der Waals surface area contributed by atoms with Gasteiger partial charge in [0.05, 0.1) is 5.56 Å². The van der Waals surface area contributed by atoms with E-state index >= 15 is 0 Å². The van der Waals surface area contributed by atoms with E-state index in [0.29, 0.717) is 24.4 Å². The number of benzene rings is 1. The van der Waals surface area contributed by atoms with E-state index in [1.807, 2.05) is 18.2 Å². The normalized spacial score (nSPS) is 19.3. The minimum atomic E-state index is -0.189. The van der Waals surface area contributed by atoms with Crippen molar-refractivity contribution in [3.05, 3.63) is 34.3 Å². The third-order valence-electron chi connectivity index (χ3n) is 3.25. The molecule has 1 saturated heterocycles. The molecule has 0 aliphatic carbocycles. The lowest BCUT2D eigenvalue weighted by molar-refractivity contribution is -0.125. The number of hydrogen-bond donors (Lipinski definition) is 0. The molecule has 1 aliphatic heterocycles. The van der Waals surface area contributed by atoms with Gasteiger partial charge in [-0.15, -0.1) is 0 Å². The summed E-state index contributed by atoms with van der Waals surface area (Å²) in [4.78, 5) is 25.6. The highest BCUT2D eigenvalue weighted by atomic mass is 79.9. The van der Waals surface area contributed by atoms with Crippen LogP contribution in [0.3, 0.4) is 0 Å². The Bertz CT molecular complexity index is 473. The lowest BCUT2D eigenvalue weighted by Gasteiger charge is -2.15. The summed E-state index contributed by atoms with van der Waals surface area (Å²) in [6, 6.07) is 7.22. The summed E-state index contributed by atoms with van der Waals surface area (Å²) < 4.78 is 0.738. The van der Waals surface area contributed by atoms with Gasteiger partial charge < -0.3 is 0 Å². The predicted octanol–water partition coefficient (Wildman–Crippen LogP) is 3.24. The minimum Gasteiger partial charge on any atom is -0.278 e. The van der Waals surface area contributed by atoms with Gasteiger partial charge in [0, 0.05) is 17.4 Å². The molecule has 0 spiro atoms. The monoisotopic (exact) mass is 309 g/mol. The number of nitrogens with zero attached hydrogens (tertiary/aromatic N) is 1. The first-order valence-corrected chi connectivity index (χ1v) is 7.02. The number of halogens is 1. The van der Waals surface area contributed by atoms with Crippen molar-refractivity contribution >= 4 is 27.7 Å². The van der Waals surface area contributed by atoms with E-state index < -0.39 is 0 Å². The first kappa shape index (κ1) is 13.3. The lowest BCUT2D eigenvalue weighted by Crippen LogP contribution is -2.32. The topological polar surface area (TPSA) is 37.4 Å². The molecule has 0 bridgehead atoms. The number of hydrogen-bond acceptors (Lipinski definition) is 2. The van der Waals surface area contributed by atoms with Gasteiger partial charge in [0.25, 0.3) is 5.91 Å². The highest BCUT2D eigenvalue weighted by Gasteiger charge is 2.34. The highest BCUT2D eigenvalue weighted by Crippen LogP contribution is 2.26. The molecule has 4 heteroatoms. The zero-order valence-corrected chi connectivity index (χ0v) is 11.9. The number of carbonyl (C=O) groups excluding carboxylic acids is 2.